The Labute approximate surface area is 138 Å². The zero-order valence-corrected chi connectivity index (χ0v) is 13.3. The molecule has 22 heavy (non-hydrogen) atoms. The number of aromatic nitrogens is 2. The highest BCUT2D eigenvalue weighted by Gasteiger charge is 2.17. The van der Waals surface area contributed by atoms with Gasteiger partial charge in [0.15, 0.2) is 0 Å². The summed E-state index contributed by atoms with van der Waals surface area (Å²) in [5.41, 5.74) is 0.945. The Kier molecular flexibility index (Phi) is 4.66. The summed E-state index contributed by atoms with van der Waals surface area (Å²) in [6.45, 7) is 1.50. The van der Waals surface area contributed by atoms with Crippen molar-refractivity contribution in [2.75, 3.05) is 11.9 Å². The Morgan fingerprint density at radius 3 is 3.09 bits per heavy atom. The molecule has 5 nitrogen and oxygen atoms in total. The van der Waals surface area contributed by atoms with Gasteiger partial charge in [0.2, 0.25) is 0 Å². The van der Waals surface area contributed by atoms with Gasteiger partial charge in [0.05, 0.1) is 35.1 Å². The van der Waals surface area contributed by atoms with E-state index in [0.29, 0.717) is 27.8 Å². The second kappa shape index (κ2) is 6.69. The number of carbonyl (C=O) groups is 1. The first-order valence-corrected chi connectivity index (χ1v) is 7.78. The predicted octanol–water partition coefficient (Wildman–Crippen LogP) is 3.62. The van der Waals surface area contributed by atoms with Crippen LogP contribution in [0.25, 0.3) is 0 Å². The van der Waals surface area contributed by atoms with Gasteiger partial charge in [0, 0.05) is 17.8 Å². The van der Waals surface area contributed by atoms with E-state index < -0.39 is 0 Å². The Morgan fingerprint density at radius 1 is 1.45 bits per heavy atom. The first kappa shape index (κ1) is 15.3. The van der Waals surface area contributed by atoms with Gasteiger partial charge in [0.1, 0.15) is 0 Å². The van der Waals surface area contributed by atoms with E-state index in [1.54, 1.807) is 29.2 Å². The van der Waals surface area contributed by atoms with Gasteiger partial charge in [-0.25, -0.2) is 0 Å². The largest absolute Gasteiger partial charge is 0.376 e. The molecule has 1 fully saturated rings. The standard InChI is InChI=1S/C15H15Cl2N3O2/c16-10-3-4-14(17)13(6-10)15(21)19-11-7-18-20(8-11)9-12-2-1-5-22-12/h3-4,6-8,12H,1-2,5,9H2,(H,19,21). The quantitative estimate of drug-likeness (QED) is 0.925. The van der Waals surface area contributed by atoms with Gasteiger partial charge in [-0.2, -0.15) is 5.10 Å². The van der Waals surface area contributed by atoms with E-state index in [2.05, 4.69) is 10.4 Å². The van der Waals surface area contributed by atoms with Crippen molar-refractivity contribution in [2.45, 2.75) is 25.5 Å². The minimum atomic E-state index is -0.316. The van der Waals surface area contributed by atoms with Gasteiger partial charge in [0.25, 0.3) is 5.91 Å². The molecule has 0 bridgehead atoms. The number of hydrogen-bond donors (Lipinski definition) is 1. The average molecular weight is 340 g/mol. The molecule has 7 heteroatoms. The summed E-state index contributed by atoms with van der Waals surface area (Å²) in [7, 11) is 0. The topological polar surface area (TPSA) is 56.2 Å². The zero-order chi connectivity index (χ0) is 15.5. The second-order valence-electron chi connectivity index (χ2n) is 5.16. The van der Waals surface area contributed by atoms with Crippen LogP contribution in [0.2, 0.25) is 10.0 Å². The first-order valence-electron chi connectivity index (χ1n) is 7.02. The van der Waals surface area contributed by atoms with Gasteiger partial charge in [-0.3, -0.25) is 9.48 Å². The van der Waals surface area contributed by atoms with Crippen molar-refractivity contribution in [1.29, 1.82) is 0 Å². The van der Waals surface area contributed by atoms with Crippen LogP contribution in [0.1, 0.15) is 23.2 Å². The van der Waals surface area contributed by atoms with Crippen molar-refractivity contribution in [3.05, 3.63) is 46.2 Å². The maximum absolute atomic E-state index is 12.2. The molecule has 1 aliphatic heterocycles. The number of halogens is 2. The number of hydrogen-bond acceptors (Lipinski definition) is 3. The minimum absolute atomic E-state index is 0.200. The minimum Gasteiger partial charge on any atom is -0.376 e. The third kappa shape index (κ3) is 3.61. The highest BCUT2D eigenvalue weighted by Crippen LogP contribution is 2.22. The van der Waals surface area contributed by atoms with Crippen molar-refractivity contribution >= 4 is 34.8 Å². The molecule has 3 rings (SSSR count). The van der Waals surface area contributed by atoms with E-state index in [0.717, 1.165) is 19.4 Å². The molecule has 1 saturated heterocycles. The molecule has 116 valence electrons. The normalized spacial score (nSPS) is 17.6. The monoisotopic (exact) mass is 339 g/mol. The first-order chi connectivity index (χ1) is 10.6. The van der Waals surface area contributed by atoms with Crippen LogP contribution in [0, 0.1) is 0 Å². The molecular weight excluding hydrogens is 325 g/mol. The number of amides is 1. The van der Waals surface area contributed by atoms with E-state index in [1.807, 2.05) is 0 Å². The third-order valence-corrected chi connectivity index (χ3v) is 4.04. The van der Waals surface area contributed by atoms with E-state index in [4.69, 9.17) is 27.9 Å². The fourth-order valence-electron chi connectivity index (χ4n) is 2.39. The molecule has 1 aliphatic rings. The van der Waals surface area contributed by atoms with Crippen molar-refractivity contribution in [3.8, 4) is 0 Å². The SMILES string of the molecule is O=C(Nc1cnn(CC2CCCO2)c1)c1cc(Cl)ccc1Cl. The van der Waals surface area contributed by atoms with Crippen LogP contribution in [0.4, 0.5) is 5.69 Å². The number of benzene rings is 1. The summed E-state index contributed by atoms with van der Waals surface area (Å²) in [6, 6.07) is 4.77. The van der Waals surface area contributed by atoms with Gasteiger partial charge >= 0.3 is 0 Å². The fraction of sp³-hybridized carbons (Fsp3) is 0.333. The average Bonchev–Trinajstić information content (AvgIpc) is 3.14. The summed E-state index contributed by atoms with van der Waals surface area (Å²) in [4.78, 5) is 12.2. The summed E-state index contributed by atoms with van der Waals surface area (Å²) >= 11 is 11.9. The molecule has 2 aromatic rings. The van der Waals surface area contributed by atoms with E-state index >= 15 is 0 Å². The fourth-order valence-corrected chi connectivity index (χ4v) is 2.77. The van der Waals surface area contributed by atoms with E-state index in [9.17, 15) is 4.79 Å². The van der Waals surface area contributed by atoms with Crippen LogP contribution in [0.15, 0.2) is 30.6 Å². The van der Waals surface area contributed by atoms with Crippen LogP contribution < -0.4 is 5.32 Å². The lowest BCUT2D eigenvalue weighted by Crippen LogP contribution is -2.15. The molecule has 1 N–H and O–H groups in total. The van der Waals surface area contributed by atoms with Crippen molar-refractivity contribution in [2.24, 2.45) is 0 Å². The van der Waals surface area contributed by atoms with Gasteiger partial charge in [-0.05, 0) is 31.0 Å². The van der Waals surface area contributed by atoms with Crippen molar-refractivity contribution < 1.29 is 9.53 Å². The maximum atomic E-state index is 12.2. The molecular formula is C15H15Cl2N3O2. The molecule has 2 heterocycles. The maximum Gasteiger partial charge on any atom is 0.257 e. The molecule has 1 atom stereocenters. The zero-order valence-electron chi connectivity index (χ0n) is 11.8. The summed E-state index contributed by atoms with van der Waals surface area (Å²) in [5.74, 6) is -0.316. The van der Waals surface area contributed by atoms with Crippen molar-refractivity contribution in [1.82, 2.24) is 9.78 Å². The molecule has 1 unspecified atom stereocenters. The number of nitrogens with zero attached hydrogens (tertiary/aromatic N) is 2. The molecule has 0 aliphatic carbocycles. The van der Waals surface area contributed by atoms with Crippen molar-refractivity contribution in [3.63, 3.8) is 0 Å². The Hall–Kier alpha value is -1.56. The molecule has 0 saturated carbocycles. The summed E-state index contributed by atoms with van der Waals surface area (Å²) in [6.07, 6.45) is 5.71. The van der Waals surface area contributed by atoms with Gasteiger partial charge in [-0.1, -0.05) is 23.2 Å². The summed E-state index contributed by atoms with van der Waals surface area (Å²) < 4.78 is 7.33. The Bertz CT molecular complexity index is 681. The highest BCUT2D eigenvalue weighted by molar-refractivity contribution is 6.36. The number of carbonyl (C=O) groups excluding carboxylic acids is 1. The van der Waals surface area contributed by atoms with Gasteiger partial charge < -0.3 is 10.1 Å². The predicted molar refractivity (Wildman–Crippen MR) is 85.6 cm³/mol. The molecule has 0 spiro atoms. The second-order valence-corrected chi connectivity index (χ2v) is 6.01. The van der Waals surface area contributed by atoms with Crippen LogP contribution >= 0.6 is 23.2 Å². The van der Waals surface area contributed by atoms with E-state index in [1.165, 1.54) is 6.07 Å². The lowest BCUT2D eigenvalue weighted by atomic mass is 10.2. The summed E-state index contributed by atoms with van der Waals surface area (Å²) in [5, 5.41) is 7.81. The van der Waals surface area contributed by atoms with E-state index in [-0.39, 0.29) is 12.0 Å². The van der Waals surface area contributed by atoms with Crippen LogP contribution in [-0.4, -0.2) is 28.4 Å². The number of rotatable bonds is 4. The number of nitrogens with one attached hydrogen (secondary N) is 1. The van der Waals surface area contributed by atoms with Crippen LogP contribution in [0.5, 0.6) is 0 Å². The third-order valence-electron chi connectivity index (χ3n) is 3.48. The lowest BCUT2D eigenvalue weighted by molar-refractivity contribution is 0.0940. The van der Waals surface area contributed by atoms with Gasteiger partial charge in [-0.15, -0.1) is 0 Å². The number of ether oxygens (including phenoxy) is 1. The highest BCUT2D eigenvalue weighted by atomic mass is 35.5. The van der Waals surface area contributed by atoms with Crippen LogP contribution in [0.3, 0.4) is 0 Å². The molecule has 1 amide bonds. The molecule has 0 radical (unpaired) electrons. The van der Waals surface area contributed by atoms with Crippen LogP contribution in [-0.2, 0) is 11.3 Å². The molecule has 1 aromatic heterocycles. The molecule has 1 aromatic carbocycles. The smallest absolute Gasteiger partial charge is 0.257 e. The Balaban J connectivity index is 1.66. The Morgan fingerprint density at radius 2 is 2.32 bits per heavy atom. The number of anilines is 1. The lowest BCUT2D eigenvalue weighted by Gasteiger charge is -2.08.